The van der Waals surface area contributed by atoms with E-state index in [2.05, 4.69) is 0 Å². The maximum Gasteiger partial charge on any atom is 0.338 e. The molecule has 2 rings (SSSR count). The fourth-order valence-corrected chi connectivity index (χ4v) is 1.73. The minimum Gasteiger partial charge on any atom is -0.494 e. The molecule has 0 unspecified atom stereocenters. The number of carboxylic acids is 1. The van der Waals surface area contributed by atoms with Crippen LogP contribution in [-0.2, 0) is 6.61 Å². The van der Waals surface area contributed by atoms with Crippen molar-refractivity contribution in [1.29, 1.82) is 0 Å². The first-order valence-corrected chi connectivity index (χ1v) is 5.99. The molecule has 4 nitrogen and oxygen atoms in total. The molecule has 1 N–H and O–H groups in total. The topological polar surface area (TPSA) is 55.8 Å². The number of halogens is 2. The molecule has 0 aliphatic rings. The van der Waals surface area contributed by atoms with Gasteiger partial charge in [0.15, 0.2) is 11.6 Å². The summed E-state index contributed by atoms with van der Waals surface area (Å²) in [5, 5.41) is 8.71. The van der Waals surface area contributed by atoms with E-state index in [1.165, 1.54) is 25.3 Å². The fourth-order valence-electron chi connectivity index (χ4n) is 1.73. The van der Waals surface area contributed by atoms with Crippen LogP contribution in [0.4, 0.5) is 8.78 Å². The maximum atomic E-state index is 13.5. The largest absolute Gasteiger partial charge is 0.494 e. The number of hydrogen-bond acceptors (Lipinski definition) is 3. The summed E-state index contributed by atoms with van der Waals surface area (Å²) in [7, 11) is 1.36. The number of ether oxygens (including phenoxy) is 2. The van der Waals surface area contributed by atoms with Gasteiger partial charge in [-0.3, -0.25) is 0 Å². The van der Waals surface area contributed by atoms with Crippen molar-refractivity contribution in [3.8, 4) is 11.5 Å². The summed E-state index contributed by atoms with van der Waals surface area (Å²) in [5.74, 6) is -2.48. The quantitative estimate of drug-likeness (QED) is 0.919. The monoisotopic (exact) mass is 294 g/mol. The highest BCUT2D eigenvalue weighted by molar-refractivity contribution is 5.88. The second-order valence-corrected chi connectivity index (χ2v) is 4.20. The highest BCUT2D eigenvalue weighted by atomic mass is 19.1. The van der Waals surface area contributed by atoms with Gasteiger partial charge in [0.2, 0.25) is 0 Å². The summed E-state index contributed by atoms with van der Waals surface area (Å²) in [5.41, 5.74) is 0.105. The molecule has 21 heavy (non-hydrogen) atoms. The van der Waals surface area contributed by atoms with E-state index in [0.29, 0.717) is 5.56 Å². The van der Waals surface area contributed by atoms with Crippen LogP contribution in [0.25, 0.3) is 0 Å². The van der Waals surface area contributed by atoms with Crippen molar-refractivity contribution in [3.63, 3.8) is 0 Å². The lowest BCUT2D eigenvalue weighted by molar-refractivity contribution is 0.0692. The summed E-state index contributed by atoms with van der Waals surface area (Å²) in [4.78, 5) is 10.7. The van der Waals surface area contributed by atoms with Gasteiger partial charge >= 0.3 is 5.97 Å². The van der Waals surface area contributed by atoms with Crippen molar-refractivity contribution in [1.82, 2.24) is 0 Å². The molecule has 110 valence electrons. The molecule has 0 aromatic heterocycles. The van der Waals surface area contributed by atoms with Crippen molar-refractivity contribution in [3.05, 3.63) is 59.2 Å². The zero-order valence-corrected chi connectivity index (χ0v) is 11.1. The van der Waals surface area contributed by atoms with E-state index in [4.69, 9.17) is 14.6 Å². The van der Waals surface area contributed by atoms with Gasteiger partial charge in [-0.05, 0) is 29.8 Å². The number of carboxylic acid groups (broad SMARTS) is 1. The number of rotatable bonds is 5. The van der Waals surface area contributed by atoms with Crippen LogP contribution in [0.15, 0.2) is 36.4 Å². The summed E-state index contributed by atoms with van der Waals surface area (Å²) < 4.78 is 37.0. The number of methoxy groups -OCH3 is 1. The predicted octanol–water partition coefficient (Wildman–Crippen LogP) is 3.25. The molecule has 0 fully saturated rings. The zero-order valence-electron chi connectivity index (χ0n) is 11.1. The van der Waals surface area contributed by atoms with Crippen LogP contribution in [-0.4, -0.2) is 18.2 Å². The Morgan fingerprint density at radius 1 is 1.14 bits per heavy atom. The van der Waals surface area contributed by atoms with Crippen molar-refractivity contribution in [2.75, 3.05) is 7.11 Å². The van der Waals surface area contributed by atoms with E-state index < -0.39 is 23.2 Å². The third-order valence-corrected chi connectivity index (χ3v) is 2.79. The van der Waals surface area contributed by atoms with E-state index >= 15 is 0 Å². The van der Waals surface area contributed by atoms with Crippen molar-refractivity contribution in [2.24, 2.45) is 0 Å². The molecular weight excluding hydrogens is 282 g/mol. The molecule has 0 spiro atoms. The molecule has 0 bridgehead atoms. The number of hydrogen-bond donors (Lipinski definition) is 1. The van der Waals surface area contributed by atoms with Crippen LogP contribution in [0.2, 0.25) is 0 Å². The standard InChI is InChI=1S/C15H12F2O4/c1-20-14-5-2-9(6-13(14)17)8-21-10-3-4-11(15(18)19)12(16)7-10/h2-7H,8H2,1H3,(H,18,19). The van der Waals surface area contributed by atoms with Crippen molar-refractivity contribution in [2.45, 2.75) is 6.61 Å². The Kier molecular flexibility index (Phi) is 4.37. The Labute approximate surface area is 119 Å². The molecule has 0 aliphatic carbocycles. The lowest BCUT2D eigenvalue weighted by Crippen LogP contribution is -2.02. The van der Waals surface area contributed by atoms with Gasteiger partial charge in [-0.15, -0.1) is 0 Å². The first kappa shape index (κ1) is 14.8. The van der Waals surface area contributed by atoms with Gasteiger partial charge in [0, 0.05) is 6.07 Å². The zero-order chi connectivity index (χ0) is 15.4. The van der Waals surface area contributed by atoms with E-state index in [1.54, 1.807) is 6.07 Å². The Balaban J connectivity index is 2.08. The fraction of sp³-hybridized carbons (Fsp3) is 0.133. The van der Waals surface area contributed by atoms with Crippen LogP contribution in [0.1, 0.15) is 15.9 Å². The second kappa shape index (κ2) is 6.21. The van der Waals surface area contributed by atoms with Gasteiger partial charge in [-0.1, -0.05) is 6.07 Å². The third-order valence-electron chi connectivity index (χ3n) is 2.79. The number of carbonyl (C=O) groups is 1. The molecule has 0 atom stereocenters. The highest BCUT2D eigenvalue weighted by Crippen LogP contribution is 2.21. The molecule has 2 aromatic rings. The summed E-state index contributed by atoms with van der Waals surface area (Å²) in [6, 6.07) is 7.75. The van der Waals surface area contributed by atoms with Gasteiger partial charge in [-0.25, -0.2) is 13.6 Å². The molecule has 0 heterocycles. The predicted molar refractivity (Wildman–Crippen MR) is 70.6 cm³/mol. The lowest BCUT2D eigenvalue weighted by Gasteiger charge is -2.08. The number of benzene rings is 2. The van der Waals surface area contributed by atoms with Crippen LogP contribution in [0, 0.1) is 11.6 Å². The Morgan fingerprint density at radius 2 is 1.90 bits per heavy atom. The molecule has 0 amide bonds. The average molecular weight is 294 g/mol. The van der Waals surface area contributed by atoms with E-state index in [0.717, 1.165) is 12.1 Å². The maximum absolute atomic E-state index is 13.5. The average Bonchev–Trinajstić information content (AvgIpc) is 2.45. The first-order valence-electron chi connectivity index (χ1n) is 5.99. The summed E-state index contributed by atoms with van der Waals surface area (Å²) in [6.45, 7) is 0.0206. The van der Waals surface area contributed by atoms with E-state index in [1.807, 2.05) is 0 Å². The molecular formula is C15H12F2O4. The Hall–Kier alpha value is -2.63. The SMILES string of the molecule is COc1ccc(COc2ccc(C(=O)O)c(F)c2)cc1F. The van der Waals surface area contributed by atoms with Crippen molar-refractivity contribution < 1.29 is 28.2 Å². The highest BCUT2D eigenvalue weighted by Gasteiger charge is 2.11. The van der Waals surface area contributed by atoms with Gasteiger partial charge in [0.1, 0.15) is 18.2 Å². The minimum absolute atomic E-state index is 0.0206. The molecule has 2 aromatic carbocycles. The smallest absolute Gasteiger partial charge is 0.338 e. The number of aromatic carboxylic acids is 1. The molecule has 0 saturated carbocycles. The van der Waals surface area contributed by atoms with E-state index in [9.17, 15) is 13.6 Å². The van der Waals surface area contributed by atoms with Gasteiger partial charge in [-0.2, -0.15) is 0 Å². The third kappa shape index (κ3) is 3.47. The van der Waals surface area contributed by atoms with Gasteiger partial charge in [0.05, 0.1) is 12.7 Å². The normalized spacial score (nSPS) is 10.2. The lowest BCUT2D eigenvalue weighted by atomic mass is 10.2. The van der Waals surface area contributed by atoms with Gasteiger partial charge in [0.25, 0.3) is 0 Å². The summed E-state index contributed by atoms with van der Waals surface area (Å²) >= 11 is 0. The molecule has 0 radical (unpaired) electrons. The van der Waals surface area contributed by atoms with E-state index in [-0.39, 0.29) is 18.1 Å². The van der Waals surface area contributed by atoms with Crippen molar-refractivity contribution >= 4 is 5.97 Å². The van der Waals surface area contributed by atoms with Crippen LogP contribution >= 0.6 is 0 Å². The van der Waals surface area contributed by atoms with Crippen LogP contribution < -0.4 is 9.47 Å². The first-order chi connectivity index (χ1) is 10.0. The summed E-state index contributed by atoms with van der Waals surface area (Å²) in [6.07, 6.45) is 0. The van der Waals surface area contributed by atoms with Gasteiger partial charge < -0.3 is 14.6 Å². The molecule has 0 saturated heterocycles. The van der Waals surface area contributed by atoms with Crippen LogP contribution in [0.5, 0.6) is 11.5 Å². The minimum atomic E-state index is -1.35. The molecule has 6 heteroatoms. The molecule has 0 aliphatic heterocycles. The Morgan fingerprint density at radius 3 is 2.48 bits per heavy atom. The second-order valence-electron chi connectivity index (χ2n) is 4.20. The Bertz CT molecular complexity index is 671. The van der Waals surface area contributed by atoms with Crippen LogP contribution in [0.3, 0.4) is 0 Å².